The fraction of sp³-hybridized carbons (Fsp3) is 0.529. The Balaban J connectivity index is 0.000000762. The first-order valence-electron chi connectivity index (χ1n) is 15.1. The van der Waals surface area contributed by atoms with Crippen molar-refractivity contribution < 1.29 is 38.7 Å². The van der Waals surface area contributed by atoms with Crippen LogP contribution in [0.2, 0.25) is 0 Å². The van der Waals surface area contributed by atoms with Crippen molar-refractivity contribution in [1.82, 2.24) is 9.80 Å². The molecule has 0 radical (unpaired) electrons. The minimum absolute atomic E-state index is 0. The maximum Gasteiger partial charge on any atom is 0.230 e. The summed E-state index contributed by atoms with van der Waals surface area (Å²) in [6, 6.07) is 18.1. The summed E-state index contributed by atoms with van der Waals surface area (Å²) < 4.78 is 0. The number of unbranched alkanes of at least 4 members (excludes halogenated alkanes) is 4. The summed E-state index contributed by atoms with van der Waals surface area (Å²) in [7, 11) is 0. The number of carbonyl (C=O) groups excluding carboxylic acids is 4. The van der Waals surface area contributed by atoms with Crippen LogP contribution in [0.4, 0.5) is 0 Å². The largest absolute Gasteiger partial charge is 0.342 e. The van der Waals surface area contributed by atoms with Crippen LogP contribution >= 0.6 is 0 Å². The molecule has 0 saturated heterocycles. The molecule has 0 spiro atoms. The summed E-state index contributed by atoms with van der Waals surface area (Å²) in [6.45, 7) is 11.5. The van der Waals surface area contributed by atoms with Gasteiger partial charge in [0, 0.05) is 56.8 Å². The van der Waals surface area contributed by atoms with Crippen LogP contribution in [0.3, 0.4) is 0 Å². The maximum absolute atomic E-state index is 12.2. The number of nitrogens with zero attached hydrogens (tertiary/aromatic N) is 2. The van der Waals surface area contributed by atoms with Crippen molar-refractivity contribution in [2.75, 3.05) is 26.2 Å². The van der Waals surface area contributed by atoms with Gasteiger partial charge in [-0.3, -0.25) is 19.2 Å². The van der Waals surface area contributed by atoms with E-state index in [-0.39, 0.29) is 55.7 Å². The van der Waals surface area contributed by atoms with Crippen molar-refractivity contribution >= 4 is 23.4 Å². The molecule has 41 heavy (non-hydrogen) atoms. The molecular weight excluding hydrogens is 566 g/mol. The van der Waals surface area contributed by atoms with Crippen molar-refractivity contribution in [3.8, 4) is 0 Å². The standard InChI is InChI=1S/2C17H25NO2.Zn/c2*1-3-5-12-18(13-6-4-2)17(20)14-16(19)15-10-8-7-9-11-15;/h2*7-11H,3-6,12-14H2,1-2H3;. The normalized spacial score (nSPS) is 10.0. The number of carbonyl (C=O) groups is 4. The van der Waals surface area contributed by atoms with Gasteiger partial charge in [0.05, 0.1) is 12.8 Å². The van der Waals surface area contributed by atoms with Crippen LogP contribution in [-0.4, -0.2) is 59.4 Å². The summed E-state index contributed by atoms with van der Waals surface area (Å²) in [5.74, 6) is -0.260. The van der Waals surface area contributed by atoms with E-state index < -0.39 is 0 Å². The molecule has 2 aromatic rings. The average Bonchev–Trinajstić information content (AvgIpc) is 2.98. The average molecular weight is 616 g/mol. The van der Waals surface area contributed by atoms with Crippen LogP contribution in [-0.2, 0) is 29.1 Å². The van der Waals surface area contributed by atoms with Gasteiger partial charge >= 0.3 is 0 Å². The van der Waals surface area contributed by atoms with Crippen molar-refractivity contribution in [1.29, 1.82) is 0 Å². The van der Waals surface area contributed by atoms with Gasteiger partial charge in [-0.1, -0.05) is 114 Å². The smallest absolute Gasteiger partial charge is 0.230 e. The van der Waals surface area contributed by atoms with Gasteiger partial charge < -0.3 is 9.80 Å². The van der Waals surface area contributed by atoms with Gasteiger partial charge in [0.15, 0.2) is 11.6 Å². The topological polar surface area (TPSA) is 74.8 Å². The second kappa shape index (κ2) is 24.0. The fourth-order valence-corrected chi connectivity index (χ4v) is 4.07. The molecule has 7 heteroatoms. The predicted molar refractivity (Wildman–Crippen MR) is 164 cm³/mol. The van der Waals surface area contributed by atoms with E-state index in [1.165, 1.54) is 0 Å². The minimum atomic E-state index is -0.0893. The molecule has 0 N–H and O–H groups in total. The molecule has 0 heterocycles. The number of Topliss-reactive ketones (excluding diaryl/α,β-unsaturated/α-hetero) is 2. The minimum Gasteiger partial charge on any atom is -0.342 e. The van der Waals surface area contributed by atoms with Crippen LogP contribution in [0.25, 0.3) is 0 Å². The molecule has 0 aliphatic carbocycles. The number of ketones is 2. The van der Waals surface area contributed by atoms with E-state index in [4.69, 9.17) is 0 Å². The zero-order valence-electron chi connectivity index (χ0n) is 25.9. The van der Waals surface area contributed by atoms with Crippen LogP contribution in [0.1, 0.15) is 113 Å². The fourth-order valence-electron chi connectivity index (χ4n) is 4.07. The quantitative estimate of drug-likeness (QED) is 0.0997. The third-order valence-electron chi connectivity index (χ3n) is 6.65. The number of hydrogen-bond acceptors (Lipinski definition) is 4. The molecule has 6 nitrogen and oxygen atoms in total. The van der Waals surface area contributed by atoms with E-state index in [2.05, 4.69) is 27.7 Å². The molecule has 2 rings (SSSR count). The molecule has 222 valence electrons. The van der Waals surface area contributed by atoms with Gasteiger partial charge in [0.1, 0.15) is 0 Å². The molecule has 0 atom stereocenters. The summed E-state index contributed by atoms with van der Waals surface area (Å²) in [4.78, 5) is 52.3. The van der Waals surface area contributed by atoms with Gasteiger partial charge in [-0.05, 0) is 25.7 Å². The molecule has 0 aliphatic heterocycles. The van der Waals surface area contributed by atoms with Crippen LogP contribution in [0.15, 0.2) is 60.7 Å². The van der Waals surface area contributed by atoms with Gasteiger partial charge in [0.25, 0.3) is 0 Å². The van der Waals surface area contributed by atoms with E-state index in [1.807, 2.05) is 46.2 Å². The second-order valence-electron chi connectivity index (χ2n) is 10.1. The van der Waals surface area contributed by atoms with Gasteiger partial charge in [-0.2, -0.15) is 0 Å². The Bertz CT molecular complexity index is 901. The summed E-state index contributed by atoms with van der Waals surface area (Å²) in [6.07, 6.45) is 8.18. The SMILES string of the molecule is CCCCN(CCCC)C(=O)CC(=O)c1ccccc1.CCCCN(CCCC)C(=O)CC(=O)c1ccccc1.[Zn]. The monoisotopic (exact) mass is 614 g/mol. The second-order valence-corrected chi connectivity index (χ2v) is 10.1. The predicted octanol–water partition coefficient (Wildman–Crippen LogP) is 7.37. The molecule has 0 saturated carbocycles. The first-order chi connectivity index (χ1) is 19.4. The van der Waals surface area contributed by atoms with E-state index in [1.54, 1.807) is 24.3 Å². The van der Waals surface area contributed by atoms with Crippen LogP contribution in [0, 0.1) is 0 Å². The number of amides is 2. The Labute approximate surface area is 261 Å². The van der Waals surface area contributed by atoms with E-state index in [9.17, 15) is 19.2 Å². The molecule has 0 aromatic heterocycles. The Morgan fingerprint density at radius 2 is 0.756 bits per heavy atom. The van der Waals surface area contributed by atoms with Crippen molar-refractivity contribution in [3.05, 3.63) is 71.8 Å². The van der Waals surface area contributed by atoms with E-state index in [0.717, 1.165) is 77.5 Å². The first kappa shape index (κ1) is 38.3. The third kappa shape index (κ3) is 16.4. The third-order valence-corrected chi connectivity index (χ3v) is 6.65. The first-order valence-corrected chi connectivity index (χ1v) is 15.1. The number of rotatable bonds is 18. The summed E-state index contributed by atoms with van der Waals surface area (Å²) >= 11 is 0. The van der Waals surface area contributed by atoms with Gasteiger partial charge in [-0.25, -0.2) is 0 Å². The summed E-state index contributed by atoms with van der Waals surface area (Å²) in [5, 5.41) is 0. The van der Waals surface area contributed by atoms with Gasteiger partial charge in [0.2, 0.25) is 11.8 Å². The van der Waals surface area contributed by atoms with Crippen molar-refractivity contribution in [2.24, 2.45) is 0 Å². The van der Waals surface area contributed by atoms with E-state index >= 15 is 0 Å². The molecule has 0 unspecified atom stereocenters. The zero-order valence-corrected chi connectivity index (χ0v) is 28.9. The molecule has 2 aromatic carbocycles. The van der Waals surface area contributed by atoms with Crippen molar-refractivity contribution in [3.63, 3.8) is 0 Å². The van der Waals surface area contributed by atoms with Crippen LogP contribution in [0.5, 0.6) is 0 Å². The molecular formula is C34H50N2O4Zn. The maximum atomic E-state index is 12.2. The molecule has 0 aliphatic rings. The summed E-state index contributed by atoms with van der Waals surface area (Å²) in [5.41, 5.74) is 1.23. The molecule has 0 bridgehead atoms. The van der Waals surface area contributed by atoms with Crippen LogP contribution < -0.4 is 0 Å². The number of benzene rings is 2. The Kier molecular flexibility index (Phi) is 22.4. The van der Waals surface area contributed by atoms with Gasteiger partial charge in [-0.15, -0.1) is 0 Å². The molecule has 2 amide bonds. The Hall–Kier alpha value is -2.66. The Morgan fingerprint density at radius 3 is 1.00 bits per heavy atom. The van der Waals surface area contributed by atoms with Crippen molar-refractivity contribution in [2.45, 2.75) is 91.9 Å². The zero-order chi connectivity index (χ0) is 29.6. The number of hydrogen-bond donors (Lipinski definition) is 0. The van der Waals surface area contributed by atoms with E-state index in [0.29, 0.717) is 11.1 Å². The Morgan fingerprint density at radius 1 is 0.488 bits per heavy atom. The molecule has 0 fully saturated rings.